The molecule has 2 rings (SSSR count). The van der Waals surface area contributed by atoms with Gasteiger partial charge in [-0.2, -0.15) is 0 Å². The molecule has 0 saturated carbocycles. The van der Waals surface area contributed by atoms with Crippen LogP contribution in [0, 0.1) is 6.92 Å². The third-order valence-corrected chi connectivity index (χ3v) is 2.98. The molecule has 4 heteroatoms. The molecular formula is C13H19N3O. The van der Waals surface area contributed by atoms with Crippen molar-refractivity contribution >= 4 is 11.6 Å². The SMILES string of the molecule is Cc1cccc(NC(=O)C2CN(C)CCN2)c1. The Balaban J connectivity index is 1.96. The fourth-order valence-electron chi connectivity index (χ4n) is 2.02. The zero-order valence-corrected chi connectivity index (χ0v) is 10.4. The molecule has 1 unspecified atom stereocenters. The molecule has 1 fully saturated rings. The van der Waals surface area contributed by atoms with Crippen LogP contribution in [0.15, 0.2) is 24.3 Å². The molecule has 0 bridgehead atoms. The molecule has 1 heterocycles. The highest BCUT2D eigenvalue weighted by molar-refractivity contribution is 5.95. The lowest BCUT2D eigenvalue weighted by Gasteiger charge is -2.29. The Morgan fingerprint density at radius 2 is 2.35 bits per heavy atom. The number of hydrogen-bond acceptors (Lipinski definition) is 3. The van der Waals surface area contributed by atoms with Gasteiger partial charge >= 0.3 is 0 Å². The predicted molar refractivity (Wildman–Crippen MR) is 69.1 cm³/mol. The van der Waals surface area contributed by atoms with Gasteiger partial charge in [0, 0.05) is 25.3 Å². The van der Waals surface area contributed by atoms with E-state index in [4.69, 9.17) is 0 Å². The van der Waals surface area contributed by atoms with E-state index in [9.17, 15) is 4.79 Å². The third-order valence-electron chi connectivity index (χ3n) is 2.98. The lowest BCUT2D eigenvalue weighted by molar-refractivity contribution is -0.119. The summed E-state index contributed by atoms with van der Waals surface area (Å²) in [5.41, 5.74) is 2.02. The van der Waals surface area contributed by atoms with Crippen LogP contribution >= 0.6 is 0 Å². The van der Waals surface area contributed by atoms with Crippen molar-refractivity contribution in [3.05, 3.63) is 29.8 Å². The second-order valence-electron chi connectivity index (χ2n) is 4.63. The maximum absolute atomic E-state index is 12.0. The summed E-state index contributed by atoms with van der Waals surface area (Å²) in [6.07, 6.45) is 0. The molecule has 0 aliphatic carbocycles. The van der Waals surface area contributed by atoms with Gasteiger partial charge < -0.3 is 15.5 Å². The maximum atomic E-state index is 12.0. The first-order valence-corrected chi connectivity index (χ1v) is 5.94. The number of hydrogen-bond donors (Lipinski definition) is 2. The van der Waals surface area contributed by atoms with Crippen LogP contribution in [-0.2, 0) is 4.79 Å². The van der Waals surface area contributed by atoms with Gasteiger partial charge in [-0.1, -0.05) is 12.1 Å². The minimum Gasteiger partial charge on any atom is -0.325 e. The van der Waals surface area contributed by atoms with E-state index in [1.54, 1.807) is 0 Å². The Hall–Kier alpha value is -1.39. The summed E-state index contributed by atoms with van der Waals surface area (Å²) in [5, 5.41) is 6.18. The molecule has 1 aromatic carbocycles. The average Bonchev–Trinajstić information content (AvgIpc) is 2.29. The third kappa shape index (κ3) is 3.28. The molecule has 92 valence electrons. The molecule has 17 heavy (non-hydrogen) atoms. The Morgan fingerprint density at radius 3 is 3.06 bits per heavy atom. The highest BCUT2D eigenvalue weighted by Crippen LogP contribution is 2.10. The summed E-state index contributed by atoms with van der Waals surface area (Å²) < 4.78 is 0. The molecule has 0 spiro atoms. The Labute approximate surface area is 102 Å². The fraction of sp³-hybridized carbons (Fsp3) is 0.462. The van der Waals surface area contributed by atoms with Gasteiger partial charge in [-0.25, -0.2) is 0 Å². The predicted octanol–water partition coefficient (Wildman–Crippen LogP) is 0.837. The van der Waals surface area contributed by atoms with Crippen LogP contribution in [-0.4, -0.2) is 43.5 Å². The normalized spacial score (nSPS) is 21.2. The molecule has 0 aromatic heterocycles. The number of nitrogens with zero attached hydrogens (tertiary/aromatic N) is 1. The number of anilines is 1. The summed E-state index contributed by atoms with van der Waals surface area (Å²) >= 11 is 0. The number of likely N-dealkylation sites (N-methyl/N-ethyl adjacent to an activating group) is 1. The van der Waals surface area contributed by atoms with E-state index in [1.165, 1.54) is 0 Å². The van der Waals surface area contributed by atoms with Crippen LogP contribution in [0.25, 0.3) is 0 Å². The topological polar surface area (TPSA) is 44.4 Å². The van der Waals surface area contributed by atoms with E-state index in [1.807, 2.05) is 38.2 Å². The number of rotatable bonds is 2. The van der Waals surface area contributed by atoms with Gasteiger partial charge in [-0.05, 0) is 31.7 Å². The average molecular weight is 233 g/mol. The van der Waals surface area contributed by atoms with E-state index >= 15 is 0 Å². The van der Waals surface area contributed by atoms with Crippen molar-refractivity contribution in [2.24, 2.45) is 0 Å². The van der Waals surface area contributed by atoms with Crippen molar-refractivity contribution in [1.82, 2.24) is 10.2 Å². The van der Waals surface area contributed by atoms with Crippen molar-refractivity contribution in [2.45, 2.75) is 13.0 Å². The summed E-state index contributed by atoms with van der Waals surface area (Å²) in [4.78, 5) is 14.2. The molecule has 1 aliphatic rings. The second kappa shape index (κ2) is 5.29. The van der Waals surface area contributed by atoms with Gasteiger partial charge in [0.25, 0.3) is 0 Å². The number of carbonyl (C=O) groups is 1. The first-order chi connectivity index (χ1) is 8.15. The van der Waals surface area contributed by atoms with Gasteiger partial charge in [-0.3, -0.25) is 4.79 Å². The zero-order valence-electron chi connectivity index (χ0n) is 10.4. The number of amides is 1. The first-order valence-electron chi connectivity index (χ1n) is 5.94. The number of carbonyl (C=O) groups excluding carboxylic acids is 1. The van der Waals surface area contributed by atoms with E-state index in [0.717, 1.165) is 30.9 Å². The number of aryl methyl sites for hydroxylation is 1. The second-order valence-corrected chi connectivity index (χ2v) is 4.63. The molecule has 2 N–H and O–H groups in total. The molecule has 1 amide bonds. The van der Waals surface area contributed by atoms with E-state index in [2.05, 4.69) is 15.5 Å². The summed E-state index contributed by atoms with van der Waals surface area (Å²) in [6, 6.07) is 7.74. The summed E-state index contributed by atoms with van der Waals surface area (Å²) in [5.74, 6) is 0.0437. The minimum absolute atomic E-state index is 0.0437. The van der Waals surface area contributed by atoms with Crippen molar-refractivity contribution in [2.75, 3.05) is 32.0 Å². The maximum Gasteiger partial charge on any atom is 0.242 e. The van der Waals surface area contributed by atoms with E-state index in [-0.39, 0.29) is 11.9 Å². The Morgan fingerprint density at radius 1 is 1.53 bits per heavy atom. The van der Waals surface area contributed by atoms with Gasteiger partial charge in [0.05, 0.1) is 6.04 Å². The van der Waals surface area contributed by atoms with Crippen LogP contribution in [0.5, 0.6) is 0 Å². The van der Waals surface area contributed by atoms with Crippen molar-refractivity contribution in [3.8, 4) is 0 Å². The summed E-state index contributed by atoms with van der Waals surface area (Å²) in [7, 11) is 2.04. The van der Waals surface area contributed by atoms with Crippen molar-refractivity contribution < 1.29 is 4.79 Å². The van der Waals surface area contributed by atoms with Gasteiger partial charge in [0.2, 0.25) is 5.91 Å². The molecule has 0 radical (unpaired) electrons. The first kappa shape index (κ1) is 12.1. The van der Waals surface area contributed by atoms with Gasteiger partial charge in [0.1, 0.15) is 0 Å². The fourth-order valence-corrected chi connectivity index (χ4v) is 2.02. The van der Waals surface area contributed by atoms with Gasteiger partial charge in [-0.15, -0.1) is 0 Å². The van der Waals surface area contributed by atoms with Crippen LogP contribution in [0.3, 0.4) is 0 Å². The smallest absolute Gasteiger partial charge is 0.242 e. The van der Waals surface area contributed by atoms with E-state index < -0.39 is 0 Å². The molecule has 1 saturated heterocycles. The molecule has 1 aromatic rings. The highest BCUT2D eigenvalue weighted by Gasteiger charge is 2.23. The van der Waals surface area contributed by atoms with Crippen LogP contribution in [0.4, 0.5) is 5.69 Å². The Kier molecular flexibility index (Phi) is 3.76. The van der Waals surface area contributed by atoms with Crippen LogP contribution in [0.1, 0.15) is 5.56 Å². The molecule has 4 nitrogen and oxygen atoms in total. The van der Waals surface area contributed by atoms with Crippen molar-refractivity contribution in [1.29, 1.82) is 0 Å². The molecular weight excluding hydrogens is 214 g/mol. The number of piperazine rings is 1. The number of benzene rings is 1. The summed E-state index contributed by atoms with van der Waals surface area (Å²) in [6.45, 7) is 4.64. The quantitative estimate of drug-likeness (QED) is 0.795. The zero-order chi connectivity index (χ0) is 12.3. The number of nitrogens with one attached hydrogen (secondary N) is 2. The van der Waals surface area contributed by atoms with Crippen LogP contribution in [0.2, 0.25) is 0 Å². The monoisotopic (exact) mass is 233 g/mol. The Bertz CT molecular complexity index is 405. The lowest BCUT2D eigenvalue weighted by atomic mass is 10.2. The minimum atomic E-state index is -0.116. The molecule has 1 aliphatic heterocycles. The van der Waals surface area contributed by atoms with Crippen LogP contribution < -0.4 is 10.6 Å². The lowest BCUT2D eigenvalue weighted by Crippen LogP contribution is -2.54. The van der Waals surface area contributed by atoms with Crippen molar-refractivity contribution in [3.63, 3.8) is 0 Å². The largest absolute Gasteiger partial charge is 0.325 e. The highest BCUT2D eigenvalue weighted by atomic mass is 16.2. The van der Waals surface area contributed by atoms with E-state index in [0.29, 0.717) is 0 Å². The molecule has 1 atom stereocenters. The standard InChI is InChI=1S/C13H19N3O/c1-10-4-3-5-11(8-10)15-13(17)12-9-16(2)7-6-14-12/h3-5,8,12,14H,6-7,9H2,1-2H3,(H,15,17). The van der Waals surface area contributed by atoms with Gasteiger partial charge in [0.15, 0.2) is 0 Å².